The minimum absolute atomic E-state index is 0.0108. The van der Waals surface area contributed by atoms with Crippen molar-refractivity contribution in [3.8, 4) is 0 Å². The first kappa shape index (κ1) is 13.7. The molecule has 0 bridgehead atoms. The highest BCUT2D eigenvalue weighted by molar-refractivity contribution is 7.89. The zero-order valence-corrected chi connectivity index (χ0v) is 11.5. The Hall–Kier alpha value is -2.32. The summed E-state index contributed by atoms with van der Waals surface area (Å²) in [4.78, 5) is -0.0108. The van der Waals surface area contributed by atoms with Crippen molar-refractivity contribution in [2.45, 2.75) is 11.4 Å². The number of nitrogens with zero attached hydrogens (tertiary/aromatic N) is 2. The molecule has 0 spiro atoms. The highest BCUT2D eigenvalue weighted by Gasteiger charge is 2.19. The molecule has 3 aromatic rings. The van der Waals surface area contributed by atoms with Gasteiger partial charge in [-0.3, -0.25) is 0 Å². The van der Waals surface area contributed by atoms with Gasteiger partial charge in [0.05, 0.1) is 0 Å². The molecule has 0 fully saturated rings. The molecule has 0 aliphatic carbocycles. The number of benzene rings is 2. The molecule has 21 heavy (non-hydrogen) atoms. The Kier molecular flexibility index (Phi) is 3.40. The Morgan fingerprint density at radius 1 is 1.10 bits per heavy atom. The van der Waals surface area contributed by atoms with E-state index in [-0.39, 0.29) is 22.8 Å². The van der Waals surface area contributed by atoms with E-state index in [1.807, 2.05) is 0 Å². The first-order chi connectivity index (χ1) is 10.1. The van der Waals surface area contributed by atoms with E-state index in [0.29, 0.717) is 11.1 Å². The predicted octanol–water partition coefficient (Wildman–Crippen LogP) is 1.84. The van der Waals surface area contributed by atoms with E-state index < -0.39 is 10.0 Å². The van der Waals surface area contributed by atoms with Crippen molar-refractivity contribution in [2.24, 2.45) is 0 Å². The summed E-state index contributed by atoms with van der Waals surface area (Å²) in [5.74, 6) is -0.375. The molecule has 108 valence electrons. The van der Waals surface area contributed by atoms with Gasteiger partial charge in [0.1, 0.15) is 16.2 Å². The number of nitrogens with one attached hydrogen (secondary N) is 1. The molecule has 0 amide bonds. The van der Waals surface area contributed by atoms with Gasteiger partial charge < -0.3 is 0 Å². The number of aromatic nitrogens is 2. The van der Waals surface area contributed by atoms with Crippen LogP contribution in [-0.4, -0.2) is 18.7 Å². The van der Waals surface area contributed by atoms with E-state index in [9.17, 15) is 12.8 Å². The average molecular weight is 307 g/mol. The predicted molar refractivity (Wildman–Crippen MR) is 72.2 cm³/mol. The highest BCUT2D eigenvalue weighted by Crippen LogP contribution is 2.19. The summed E-state index contributed by atoms with van der Waals surface area (Å²) < 4.78 is 44.4. The zero-order valence-electron chi connectivity index (χ0n) is 10.7. The lowest BCUT2D eigenvalue weighted by Crippen LogP contribution is -2.23. The second kappa shape index (κ2) is 5.23. The van der Waals surface area contributed by atoms with Crippen LogP contribution in [0.25, 0.3) is 11.0 Å². The fourth-order valence-corrected chi connectivity index (χ4v) is 3.02. The van der Waals surface area contributed by atoms with E-state index >= 15 is 0 Å². The molecule has 0 unspecified atom stereocenters. The fourth-order valence-electron chi connectivity index (χ4n) is 1.86. The van der Waals surface area contributed by atoms with Gasteiger partial charge >= 0.3 is 0 Å². The number of fused-ring (bicyclic) bond motifs is 1. The van der Waals surface area contributed by atoms with Gasteiger partial charge in [-0.25, -0.2) is 22.2 Å². The lowest BCUT2D eigenvalue weighted by Gasteiger charge is -2.06. The topological polar surface area (TPSA) is 85.1 Å². The summed E-state index contributed by atoms with van der Waals surface area (Å²) in [5.41, 5.74) is 1.18. The summed E-state index contributed by atoms with van der Waals surface area (Å²) in [6, 6.07) is 10.1. The Bertz CT molecular complexity index is 875. The standard InChI is InChI=1S/C13H10FN3O3S/c14-10-6-4-9(5-7-10)8-15-21(18,19)12-3-1-2-11-13(12)17-20-16-11/h1-7,15H,8H2. The van der Waals surface area contributed by atoms with Crippen LogP contribution in [0.4, 0.5) is 4.39 Å². The quantitative estimate of drug-likeness (QED) is 0.795. The second-order valence-corrected chi connectivity index (χ2v) is 6.07. The van der Waals surface area contributed by atoms with Gasteiger partial charge in [-0.1, -0.05) is 18.2 Å². The van der Waals surface area contributed by atoms with Crippen LogP contribution in [-0.2, 0) is 16.6 Å². The first-order valence-corrected chi connectivity index (χ1v) is 7.50. The second-order valence-electron chi connectivity index (χ2n) is 4.34. The molecule has 6 nitrogen and oxygen atoms in total. The molecule has 1 heterocycles. The third-order valence-corrected chi connectivity index (χ3v) is 4.35. The lowest BCUT2D eigenvalue weighted by atomic mass is 10.2. The van der Waals surface area contributed by atoms with Crippen LogP contribution in [0.1, 0.15) is 5.56 Å². The Balaban J connectivity index is 1.87. The van der Waals surface area contributed by atoms with E-state index in [2.05, 4.69) is 19.7 Å². The summed E-state index contributed by atoms with van der Waals surface area (Å²) in [7, 11) is -3.77. The first-order valence-electron chi connectivity index (χ1n) is 6.02. The summed E-state index contributed by atoms with van der Waals surface area (Å²) >= 11 is 0. The molecule has 0 atom stereocenters. The van der Waals surface area contributed by atoms with Crippen molar-refractivity contribution in [3.05, 3.63) is 53.8 Å². The van der Waals surface area contributed by atoms with E-state index in [0.717, 1.165) is 0 Å². The molecule has 1 N–H and O–H groups in total. The summed E-state index contributed by atoms with van der Waals surface area (Å²) in [6.45, 7) is 0.0459. The van der Waals surface area contributed by atoms with E-state index in [1.165, 1.54) is 30.3 Å². The summed E-state index contributed by atoms with van der Waals surface area (Å²) in [6.07, 6.45) is 0. The van der Waals surface area contributed by atoms with Crippen LogP contribution >= 0.6 is 0 Å². The molecule has 0 saturated heterocycles. The highest BCUT2D eigenvalue weighted by atomic mass is 32.2. The van der Waals surface area contributed by atoms with Crippen LogP contribution in [0.3, 0.4) is 0 Å². The largest absolute Gasteiger partial charge is 0.243 e. The molecular weight excluding hydrogens is 297 g/mol. The van der Waals surface area contributed by atoms with Crippen molar-refractivity contribution in [1.29, 1.82) is 0 Å². The van der Waals surface area contributed by atoms with Crippen molar-refractivity contribution in [3.63, 3.8) is 0 Å². The van der Waals surface area contributed by atoms with Crippen LogP contribution in [0.5, 0.6) is 0 Å². The Morgan fingerprint density at radius 3 is 2.62 bits per heavy atom. The van der Waals surface area contributed by atoms with Crippen molar-refractivity contribution < 1.29 is 17.4 Å². The normalized spacial score (nSPS) is 11.9. The number of hydrogen-bond acceptors (Lipinski definition) is 5. The molecule has 8 heteroatoms. The van der Waals surface area contributed by atoms with Gasteiger partial charge in [0.2, 0.25) is 10.0 Å². The maximum absolute atomic E-state index is 12.8. The molecule has 0 aliphatic rings. The SMILES string of the molecule is O=S(=O)(NCc1ccc(F)cc1)c1cccc2nonc12. The van der Waals surface area contributed by atoms with Gasteiger partial charge in [0, 0.05) is 6.54 Å². The van der Waals surface area contributed by atoms with Gasteiger partial charge in [0.25, 0.3) is 0 Å². The Morgan fingerprint density at radius 2 is 1.86 bits per heavy atom. The molecule has 0 radical (unpaired) electrons. The van der Waals surface area contributed by atoms with Crippen LogP contribution in [0, 0.1) is 5.82 Å². The maximum Gasteiger partial charge on any atom is 0.243 e. The molecule has 0 saturated carbocycles. The van der Waals surface area contributed by atoms with Gasteiger partial charge in [0.15, 0.2) is 5.52 Å². The van der Waals surface area contributed by atoms with Gasteiger partial charge in [-0.05, 0) is 40.1 Å². The molecule has 1 aromatic heterocycles. The average Bonchev–Trinajstić information content (AvgIpc) is 2.95. The smallest absolute Gasteiger partial charge is 0.243 e. The minimum atomic E-state index is -3.77. The van der Waals surface area contributed by atoms with Gasteiger partial charge in [-0.15, -0.1) is 0 Å². The molecule has 0 aliphatic heterocycles. The van der Waals surface area contributed by atoms with Crippen molar-refractivity contribution in [2.75, 3.05) is 0 Å². The number of rotatable bonds is 4. The fraction of sp³-hybridized carbons (Fsp3) is 0.0769. The minimum Gasteiger partial charge on any atom is -0.243 e. The monoisotopic (exact) mass is 307 g/mol. The van der Waals surface area contributed by atoms with Crippen LogP contribution in [0.2, 0.25) is 0 Å². The lowest BCUT2D eigenvalue weighted by molar-refractivity contribution is 0.315. The van der Waals surface area contributed by atoms with Crippen LogP contribution < -0.4 is 4.72 Å². The molecular formula is C13H10FN3O3S. The number of sulfonamides is 1. The van der Waals surface area contributed by atoms with E-state index in [4.69, 9.17) is 0 Å². The van der Waals surface area contributed by atoms with Crippen molar-refractivity contribution in [1.82, 2.24) is 15.0 Å². The number of halogens is 1. The summed E-state index contributed by atoms with van der Waals surface area (Å²) in [5, 5.41) is 7.20. The Labute approximate surface area is 119 Å². The maximum atomic E-state index is 12.8. The number of hydrogen-bond donors (Lipinski definition) is 1. The van der Waals surface area contributed by atoms with Gasteiger partial charge in [-0.2, -0.15) is 0 Å². The molecule has 2 aromatic carbocycles. The van der Waals surface area contributed by atoms with E-state index in [1.54, 1.807) is 12.1 Å². The molecule has 3 rings (SSSR count). The van der Waals surface area contributed by atoms with Crippen molar-refractivity contribution >= 4 is 21.1 Å². The zero-order chi connectivity index (χ0) is 14.9. The third-order valence-electron chi connectivity index (χ3n) is 2.92. The van der Waals surface area contributed by atoms with Crippen LogP contribution in [0.15, 0.2) is 52.0 Å². The third kappa shape index (κ3) is 2.76.